The maximum absolute atomic E-state index is 3.63. The number of benzene rings is 1. The van der Waals surface area contributed by atoms with Crippen LogP contribution in [0, 0.1) is 18.8 Å². The Morgan fingerprint density at radius 3 is 2.43 bits per heavy atom. The smallest absolute Gasteiger partial charge is 0.00654 e. The van der Waals surface area contributed by atoms with Gasteiger partial charge in [0.15, 0.2) is 0 Å². The van der Waals surface area contributed by atoms with Crippen LogP contribution in [0.3, 0.4) is 0 Å². The molecular weight excluding hydrogens is 236 g/mol. The molecule has 1 heteroatoms. The maximum Gasteiger partial charge on any atom is 0.00654 e. The molecule has 0 N–H and O–H groups in total. The number of aryl methyl sites for hydroxylation is 1. The van der Waals surface area contributed by atoms with Gasteiger partial charge >= 0.3 is 0 Å². The summed E-state index contributed by atoms with van der Waals surface area (Å²) in [4.78, 5) is 0. The minimum absolute atomic E-state index is 0.859. The predicted molar refractivity (Wildman–Crippen MR) is 64.9 cm³/mol. The van der Waals surface area contributed by atoms with Crippen LogP contribution in [0.1, 0.15) is 24.0 Å². The highest BCUT2D eigenvalue weighted by Gasteiger charge is 2.30. The van der Waals surface area contributed by atoms with E-state index in [1.54, 1.807) is 0 Å². The molecule has 1 aromatic rings. The first kappa shape index (κ1) is 10.2. The number of alkyl halides is 1. The van der Waals surface area contributed by atoms with Gasteiger partial charge < -0.3 is 0 Å². The molecular formula is C13H17Br. The molecule has 0 nitrogen and oxygen atoms in total. The zero-order chi connectivity index (χ0) is 9.97. The molecule has 0 radical (unpaired) electrons. The molecule has 1 saturated carbocycles. The van der Waals surface area contributed by atoms with Gasteiger partial charge in [-0.1, -0.05) is 45.8 Å². The van der Waals surface area contributed by atoms with E-state index < -0.39 is 0 Å². The minimum atomic E-state index is 0.859. The van der Waals surface area contributed by atoms with Crippen molar-refractivity contribution in [3.05, 3.63) is 35.4 Å². The highest BCUT2D eigenvalue weighted by molar-refractivity contribution is 9.09. The molecule has 1 aliphatic carbocycles. The summed E-state index contributed by atoms with van der Waals surface area (Å²) in [5, 5.41) is 1.16. The van der Waals surface area contributed by atoms with Gasteiger partial charge in [0.25, 0.3) is 0 Å². The number of hydrogen-bond acceptors (Lipinski definition) is 0. The van der Waals surface area contributed by atoms with Crippen molar-refractivity contribution in [2.24, 2.45) is 11.8 Å². The minimum Gasteiger partial charge on any atom is -0.0925 e. The third kappa shape index (κ3) is 2.60. The lowest BCUT2D eigenvalue weighted by Crippen LogP contribution is -2.08. The maximum atomic E-state index is 3.63. The number of halogens is 1. The third-order valence-corrected chi connectivity index (χ3v) is 3.94. The van der Waals surface area contributed by atoms with Crippen LogP contribution in [0.15, 0.2) is 24.3 Å². The summed E-state index contributed by atoms with van der Waals surface area (Å²) in [7, 11) is 0. The fraction of sp³-hybridized carbons (Fsp3) is 0.538. The van der Waals surface area contributed by atoms with E-state index in [0.717, 1.165) is 17.2 Å². The van der Waals surface area contributed by atoms with E-state index >= 15 is 0 Å². The Labute approximate surface area is 94.8 Å². The van der Waals surface area contributed by atoms with Gasteiger partial charge in [-0.25, -0.2) is 0 Å². The van der Waals surface area contributed by atoms with Crippen molar-refractivity contribution in [2.45, 2.75) is 26.2 Å². The first-order chi connectivity index (χ1) is 6.79. The van der Waals surface area contributed by atoms with Gasteiger partial charge in [-0.05, 0) is 43.6 Å². The van der Waals surface area contributed by atoms with E-state index in [1.807, 2.05) is 0 Å². The van der Waals surface area contributed by atoms with Crippen LogP contribution >= 0.6 is 15.9 Å². The second kappa shape index (κ2) is 4.48. The number of rotatable bonds is 4. The lowest BCUT2D eigenvalue weighted by Gasteiger charge is -2.12. The molecule has 76 valence electrons. The van der Waals surface area contributed by atoms with E-state index in [4.69, 9.17) is 0 Å². The molecule has 0 aliphatic heterocycles. The molecule has 2 rings (SSSR count). The summed E-state index contributed by atoms with van der Waals surface area (Å²) < 4.78 is 0. The molecule has 1 fully saturated rings. The summed E-state index contributed by atoms with van der Waals surface area (Å²) >= 11 is 3.63. The van der Waals surface area contributed by atoms with Crippen molar-refractivity contribution in [1.29, 1.82) is 0 Å². The topological polar surface area (TPSA) is 0 Å². The zero-order valence-corrected chi connectivity index (χ0v) is 10.3. The molecule has 0 spiro atoms. The van der Waals surface area contributed by atoms with Crippen molar-refractivity contribution >= 4 is 15.9 Å². The normalized spacial score (nSPS) is 18.1. The molecule has 1 aliphatic rings. The van der Waals surface area contributed by atoms with E-state index in [9.17, 15) is 0 Å². The van der Waals surface area contributed by atoms with Crippen LogP contribution in [0.2, 0.25) is 0 Å². The Morgan fingerprint density at radius 1 is 1.29 bits per heavy atom. The summed E-state index contributed by atoms with van der Waals surface area (Å²) in [6.45, 7) is 2.15. The summed E-state index contributed by atoms with van der Waals surface area (Å²) in [6.07, 6.45) is 4.14. The Bertz CT molecular complexity index is 285. The first-order valence-corrected chi connectivity index (χ1v) is 6.53. The second-order valence-corrected chi connectivity index (χ2v) is 5.09. The summed E-state index contributed by atoms with van der Waals surface area (Å²) in [5.74, 6) is 1.85. The van der Waals surface area contributed by atoms with Crippen molar-refractivity contribution in [1.82, 2.24) is 0 Å². The highest BCUT2D eigenvalue weighted by Crippen LogP contribution is 2.39. The van der Waals surface area contributed by atoms with Gasteiger partial charge in [-0.15, -0.1) is 0 Å². The summed E-state index contributed by atoms with van der Waals surface area (Å²) in [5.41, 5.74) is 2.85. The average molecular weight is 253 g/mol. The van der Waals surface area contributed by atoms with Gasteiger partial charge in [0.05, 0.1) is 0 Å². The lowest BCUT2D eigenvalue weighted by atomic mass is 9.96. The highest BCUT2D eigenvalue weighted by atomic mass is 79.9. The van der Waals surface area contributed by atoms with Crippen LogP contribution in [-0.4, -0.2) is 5.33 Å². The van der Waals surface area contributed by atoms with Gasteiger partial charge in [0.2, 0.25) is 0 Å². The second-order valence-electron chi connectivity index (χ2n) is 4.44. The fourth-order valence-corrected chi connectivity index (χ4v) is 2.70. The first-order valence-electron chi connectivity index (χ1n) is 5.41. The van der Waals surface area contributed by atoms with E-state index in [2.05, 4.69) is 47.1 Å². The molecule has 1 aromatic carbocycles. The Hall–Kier alpha value is -0.300. The molecule has 1 unspecified atom stereocenters. The number of hydrogen-bond donors (Lipinski definition) is 0. The molecule has 0 bridgehead atoms. The lowest BCUT2D eigenvalue weighted by molar-refractivity contribution is 0.519. The Morgan fingerprint density at radius 2 is 1.93 bits per heavy atom. The van der Waals surface area contributed by atoms with Gasteiger partial charge in [0.1, 0.15) is 0 Å². The van der Waals surface area contributed by atoms with Gasteiger partial charge in [-0.3, -0.25) is 0 Å². The molecule has 0 aromatic heterocycles. The average Bonchev–Trinajstić information content (AvgIpc) is 3.01. The van der Waals surface area contributed by atoms with Crippen molar-refractivity contribution in [2.75, 3.05) is 5.33 Å². The standard InChI is InChI=1S/C13H17Br/c1-10-2-4-11(5-3-10)8-13(9-14)12-6-7-12/h2-5,12-13H,6-9H2,1H3. The summed E-state index contributed by atoms with van der Waals surface area (Å²) in [6, 6.07) is 8.97. The van der Waals surface area contributed by atoms with Crippen LogP contribution < -0.4 is 0 Å². The van der Waals surface area contributed by atoms with Crippen LogP contribution in [0.25, 0.3) is 0 Å². The fourth-order valence-electron chi connectivity index (χ4n) is 1.94. The zero-order valence-electron chi connectivity index (χ0n) is 8.67. The Kier molecular flexibility index (Phi) is 3.27. The molecule has 14 heavy (non-hydrogen) atoms. The quantitative estimate of drug-likeness (QED) is 0.712. The van der Waals surface area contributed by atoms with E-state index in [1.165, 1.54) is 30.4 Å². The molecule has 0 amide bonds. The molecule has 0 heterocycles. The van der Waals surface area contributed by atoms with E-state index in [0.29, 0.717) is 0 Å². The largest absolute Gasteiger partial charge is 0.0925 e. The SMILES string of the molecule is Cc1ccc(CC(CBr)C2CC2)cc1. The Balaban J connectivity index is 1.98. The van der Waals surface area contributed by atoms with E-state index in [-0.39, 0.29) is 0 Å². The molecule has 0 saturated heterocycles. The van der Waals surface area contributed by atoms with Crippen LogP contribution in [-0.2, 0) is 6.42 Å². The van der Waals surface area contributed by atoms with Crippen molar-refractivity contribution in [3.8, 4) is 0 Å². The molecule has 1 atom stereocenters. The van der Waals surface area contributed by atoms with Crippen molar-refractivity contribution < 1.29 is 0 Å². The van der Waals surface area contributed by atoms with Crippen molar-refractivity contribution in [3.63, 3.8) is 0 Å². The van der Waals surface area contributed by atoms with Gasteiger partial charge in [-0.2, -0.15) is 0 Å². The van der Waals surface area contributed by atoms with Crippen LogP contribution in [0.4, 0.5) is 0 Å². The van der Waals surface area contributed by atoms with Crippen LogP contribution in [0.5, 0.6) is 0 Å². The monoisotopic (exact) mass is 252 g/mol. The predicted octanol–water partition coefficient (Wildman–Crippen LogP) is 3.96. The third-order valence-electron chi connectivity index (χ3n) is 3.11. The van der Waals surface area contributed by atoms with Gasteiger partial charge in [0, 0.05) is 5.33 Å².